The van der Waals surface area contributed by atoms with Crippen LogP contribution in [-0.2, 0) is 6.42 Å². The fraction of sp³-hybridized carbons (Fsp3) is 0.459. The molecule has 0 aliphatic rings. The largest absolute Gasteiger partial charge is 0.235 e. The average Bonchev–Trinajstić information content (AvgIpc) is 3.22. The van der Waals surface area contributed by atoms with Crippen LogP contribution in [0.2, 0.25) is 18.1 Å². The van der Waals surface area contributed by atoms with Crippen molar-refractivity contribution < 1.29 is 1.37 Å². The Hall–Kier alpha value is -2.56. The maximum atomic E-state index is 8.65. The smallest absolute Gasteiger partial charge is 0.116 e. The van der Waals surface area contributed by atoms with E-state index < -0.39 is 8.07 Å². The third-order valence-corrected chi connectivity index (χ3v) is 15.6. The van der Waals surface area contributed by atoms with Crippen LogP contribution in [0.4, 0.5) is 0 Å². The van der Waals surface area contributed by atoms with E-state index in [4.69, 9.17) is 6.35 Å². The minimum Gasteiger partial charge on any atom is -0.235 e. The number of hydrogen-bond acceptors (Lipinski definition) is 3. The van der Waals surface area contributed by atoms with E-state index in [-0.39, 0.29) is 11.7 Å². The molecule has 41 heavy (non-hydrogen) atoms. The van der Waals surface area contributed by atoms with Crippen molar-refractivity contribution in [3.05, 3.63) is 66.5 Å². The van der Waals surface area contributed by atoms with Crippen LogP contribution < -0.4 is 5.19 Å². The number of benzene rings is 3. The number of rotatable bonds is 9. The van der Waals surface area contributed by atoms with Gasteiger partial charge in [0.2, 0.25) is 0 Å². The van der Waals surface area contributed by atoms with E-state index in [9.17, 15) is 0 Å². The van der Waals surface area contributed by atoms with Gasteiger partial charge in [-0.2, -0.15) is 0 Å². The summed E-state index contributed by atoms with van der Waals surface area (Å²) in [5.41, 5.74) is 4.54. The lowest BCUT2D eigenvalue weighted by Crippen LogP contribution is -2.51. The first-order valence-corrected chi connectivity index (χ1v) is 18.9. The van der Waals surface area contributed by atoms with Crippen molar-refractivity contribution in [2.75, 3.05) is 0 Å². The number of thiophene rings is 1. The van der Waals surface area contributed by atoms with Gasteiger partial charge in [0.25, 0.3) is 0 Å². The highest BCUT2D eigenvalue weighted by Gasteiger charge is 2.38. The first kappa shape index (κ1) is 28.6. The predicted molar refractivity (Wildman–Crippen MR) is 185 cm³/mol. The molecule has 0 N–H and O–H groups in total. The van der Waals surface area contributed by atoms with Gasteiger partial charge in [-0.1, -0.05) is 128 Å². The van der Waals surface area contributed by atoms with Gasteiger partial charge in [0.05, 0.1) is 24.0 Å². The highest BCUT2D eigenvalue weighted by atomic mass is 32.1. The Morgan fingerprint density at radius 1 is 0.805 bits per heavy atom. The monoisotopic (exact) mass is 581 g/mol. The SMILES string of the molecule is [2H]c1nc(-c2cc([Si](CC(C)C)(CC(C)C)CC(C)C)c3ccccc3c2)c2sc3cc(CC(C)(C)C)ccc3c2n1. The van der Waals surface area contributed by atoms with Crippen molar-refractivity contribution in [2.24, 2.45) is 23.2 Å². The van der Waals surface area contributed by atoms with Crippen molar-refractivity contribution in [3.8, 4) is 11.3 Å². The van der Waals surface area contributed by atoms with Gasteiger partial charge in [-0.15, -0.1) is 11.3 Å². The molecule has 3 aromatic carbocycles. The average molecular weight is 582 g/mol. The Balaban J connectivity index is 1.79. The van der Waals surface area contributed by atoms with E-state index in [1.807, 2.05) is 0 Å². The standard InChI is InChI=1S/C37H48N2SSi/c1-24(2)20-41(21-25(3)4,22-26(5)6)33-18-29(17-28-12-10-11-13-30(28)33)34-36-35(39-23-38-34)31-15-14-27(16-32(31)40-36)19-37(7,8)9/h10-18,23-26H,19-22H2,1-9H3/i23D. The van der Waals surface area contributed by atoms with Crippen molar-refractivity contribution in [2.45, 2.75) is 86.9 Å². The molecule has 2 aromatic heterocycles. The lowest BCUT2D eigenvalue weighted by Gasteiger charge is -2.38. The Bertz CT molecular complexity index is 1700. The summed E-state index contributed by atoms with van der Waals surface area (Å²) in [5.74, 6) is 1.94. The van der Waals surface area contributed by atoms with E-state index >= 15 is 0 Å². The maximum absolute atomic E-state index is 8.65. The lowest BCUT2D eigenvalue weighted by atomic mass is 9.88. The van der Waals surface area contributed by atoms with Gasteiger partial charge < -0.3 is 0 Å². The zero-order chi connectivity index (χ0) is 30.4. The van der Waals surface area contributed by atoms with Gasteiger partial charge in [0.15, 0.2) is 0 Å². The number of aromatic nitrogens is 2. The molecule has 2 nitrogen and oxygen atoms in total. The molecule has 0 radical (unpaired) electrons. The van der Waals surface area contributed by atoms with Gasteiger partial charge in [0, 0.05) is 15.6 Å². The number of fused-ring (bicyclic) bond motifs is 4. The van der Waals surface area contributed by atoms with E-state index in [1.54, 1.807) is 16.5 Å². The first-order chi connectivity index (χ1) is 19.7. The van der Waals surface area contributed by atoms with Crippen LogP contribution in [-0.4, -0.2) is 18.0 Å². The van der Waals surface area contributed by atoms with Gasteiger partial charge in [-0.3, -0.25) is 0 Å². The minimum atomic E-state index is -1.92. The Labute approximate surface area is 254 Å². The molecular weight excluding hydrogens is 533 g/mol. The van der Waals surface area contributed by atoms with Gasteiger partial charge in [-0.05, 0) is 58.1 Å². The summed E-state index contributed by atoms with van der Waals surface area (Å²) in [6.45, 7) is 21.3. The molecule has 216 valence electrons. The molecule has 0 saturated heterocycles. The summed E-state index contributed by atoms with van der Waals surface area (Å²) in [5, 5.41) is 5.41. The van der Waals surface area contributed by atoms with Crippen molar-refractivity contribution in [1.82, 2.24) is 9.97 Å². The van der Waals surface area contributed by atoms with Crippen LogP contribution >= 0.6 is 11.3 Å². The lowest BCUT2D eigenvalue weighted by molar-refractivity contribution is 0.411. The van der Waals surface area contributed by atoms with Crippen molar-refractivity contribution in [3.63, 3.8) is 0 Å². The molecule has 0 spiro atoms. The number of hydrogen-bond donors (Lipinski definition) is 0. The third kappa shape index (κ3) is 6.44. The van der Waals surface area contributed by atoms with Crippen LogP contribution in [0.25, 0.3) is 42.3 Å². The van der Waals surface area contributed by atoms with Crippen molar-refractivity contribution in [1.29, 1.82) is 0 Å². The maximum Gasteiger partial charge on any atom is 0.116 e. The van der Waals surface area contributed by atoms with Gasteiger partial charge in [0.1, 0.15) is 7.67 Å². The second-order valence-corrected chi connectivity index (χ2v) is 20.2. The summed E-state index contributed by atoms with van der Waals surface area (Å²) in [4.78, 5) is 9.52. The summed E-state index contributed by atoms with van der Waals surface area (Å²) < 4.78 is 11.0. The molecule has 0 amide bonds. The third-order valence-electron chi connectivity index (χ3n) is 8.10. The molecule has 0 bridgehead atoms. The van der Waals surface area contributed by atoms with Crippen LogP contribution in [0.1, 0.15) is 69.2 Å². The zero-order valence-electron chi connectivity index (χ0n) is 27.6. The molecule has 0 aliphatic carbocycles. The number of nitrogens with zero attached hydrogens (tertiary/aromatic N) is 2. The molecule has 0 fully saturated rings. The molecule has 0 atom stereocenters. The quantitative estimate of drug-likeness (QED) is 0.162. The zero-order valence-corrected chi connectivity index (χ0v) is 28.4. The molecular formula is C37H48N2SSi. The summed E-state index contributed by atoms with van der Waals surface area (Å²) >= 11 is 1.79. The van der Waals surface area contributed by atoms with Crippen LogP contribution in [0, 0.1) is 23.2 Å². The highest BCUT2D eigenvalue weighted by molar-refractivity contribution is 7.26. The van der Waals surface area contributed by atoms with E-state index in [2.05, 4.69) is 122 Å². The van der Waals surface area contributed by atoms with Crippen LogP contribution in [0.5, 0.6) is 0 Å². The summed E-state index contributed by atoms with van der Waals surface area (Å²) in [6, 6.07) is 24.4. The van der Waals surface area contributed by atoms with E-state index in [0.717, 1.165) is 33.3 Å². The summed E-state index contributed by atoms with van der Waals surface area (Å²) in [7, 11) is -1.92. The van der Waals surface area contributed by atoms with Crippen molar-refractivity contribution >= 4 is 55.7 Å². The van der Waals surface area contributed by atoms with Crippen LogP contribution in [0.15, 0.2) is 60.9 Å². The van der Waals surface area contributed by atoms with E-state index in [0.29, 0.717) is 17.8 Å². The fourth-order valence-electron chi connectivity index (χ4n) is 7.30. The molecule has 4 heteroatoms. The molecule has 0 aliphatic heterocycles. The Morgan fingerprint density at radius 2 is 1.46 bits per heavy atom. The van der Waals surface area contributed by atoms with Gasteiger partial charge >= 0.3 is 0 Å². The molecule has 0 saturated carbocycles. The molecule has 2 heterocycles. The fourth-order valence-corrected chi connectivity index (χ4v) is 15.6. The Morgan fingerprint density at radius 3 is 2.10 bits per heavy atom. The first-order valence-electron chi connectivity index (χ1n) is 16.0. The molecule has 5 rings (SSSR count). The molecule has 5 aromatic rings. The predicted octanol–water partition coefficient (Wildman–Crippen LogP) is 10.9. The molecule has 0 unspecified atom stereocenters. The normalized spacial score (nSPS) is 13.4. The van der Waals surface area contributed by atoms with E-state index in [1.165, 1.54) is 39.2 Å². The minimum absolute atomic E-state index is 0.0979. The second kappa shape index (κ2) is 11.6. The van der Waals surface area contributed by atoms with Gasteiger partial charge in [-0.25, -0.2) is 9.97 Å². The van der Waals surface area contributed by atoms with Crippen LogP contribution in [0.3, 0.4) is 0 Å². The Kier molecular flexibility index (Phi) is 8.08. The topological polar surface area (TPSA) is 25.8 Å². The second-order valence-electron chi connectivity index (χ2n) is 14.8. The highest BCUT2D eigenvalue weighted by Crippen LogP contribution is 2.40. The summed E-state index contributed by atoms with van der Waals surface area (Å²) in [6.07, 6.45) is 1.13.